The van der Waals surface area contributed by atoms with E-state index in [2.05, 4.69) is 26.3 Å². The summed E-state index contributed by atoms with van der Waals surface area (Å²) in [7, 11) is 0. The summed E-state index contributed by atoms with van der Waals surface area (Å²) < 4.78 is 1.82. The number of aromatic nitrogens is 4. The third-order valence-electron chi connectivity index (χ3n) is 4.69. The number of carbonyl (C=O) groups is 1. The van der Waals surface area contributed by atoms with Gasteiger partial charge in [-0.1, -0.05) is 5.92 Å². The van der Waals surface area contributed by atoms with Crippen molar-refractivity contribution >= 4 is 22.6 Å². The van der Waals surface area contributed by atoms with Crippen molar-refractivity contribution in [3.05, 3.63) is 48.0 Å². The fourth-order valence-electron chi connectivity index (χ4n) is 3.36. The number of nitrogens with two attached hydrogens (primary N) is 1. The summed E-state index contributed by atoms with van der Waals surface area (Å²) in [6.45, 7) is 0. The van der Waals surface area contributed by atoms with Gasteiger partial charge in [-0.2, -0.15) is 5.10 Å². The molecule has 0 radical (unpaired) electrons. The Morgan fingerprint density at radius 3 is 2.81 bits per heavy atom. The van der Waals surface area contributed by atoms with Crippen LogP contribution < -0.4 is 11.1 Å². The number of rotatable bonds is 3. The minimum atomic E-state index is -0.306. The van der Waals surface area contributed by atoms with Gasteiger partial charge in [-0.3, -0.25) is 4.79 Å². The number of amides is 1. The quantitative estimate of drug-likeness (QED) is 0.708. The average molecular weight is 346 g/mol. The van der Waals surface area contributed by atoms with E-state index in [1.54, 1.807) is 30.5 Å². The first-order valence-electron chi connectivity index (χ1n) is 8.47. The summed E-state index contributed by atoms with van der Waals surface area (Å²) in [4.78, 5) is 21.1. The molecule has 1 aliphatic rings. The van der Waals surface area contributed by atoms with E-state index in [0.29, 0.717) is 22.4 Å². The topological polar surface area (TPSA) is 98.7 Å². The molecule has 1 saturated carbocycles. The van der Waals surface area contributed by atoms with Gasteiger partial charge in [0.05, 0.1) is 11.4 Å². The lowest BCUT2D eigenvalue weighted by Crippen LogP contribution is -2.17. The van der Waals surface area contributed by atoms with Crippen LogP contribution in [0.25, 0.3) is 11.0 Å². The van der Waals surface area contributed by atoms with Gasteiger partial charge >= 0.3 is 0 Å². The lowest BCUT2D eigenvalue weighted by Gasteiger charge is -2.10. The molecule has 3 N–H and O–H groups in total. The largest absolute Gasteiger partial charge is 0.328 e. The van der Waals surface area contributed by atoms with Crippen LogP contribution in [0.15, 0.2) is 36.8 Å². The minimum absolute atomic E-state index is 0.152. The maximum atomic E-state index is 12.8. The van der Waals surface area contributed by atoms with E-state index >= 15 is 0 Å². The summed E-state index contributed by atoms with van der Waals surface area (Å²) in [5, 5.41) is 8.03. The summed E-state index contributed by atoms with van der Waals surface area (Å²) in [6, 6.07) is 7.38. The number of hydrogen-bond donors (Lipinski definition) is 2. The molecule has 2 unspecified atom stereocenters. The first kappa shape index (κ1) is 16.2. The highest BCUT2D eigenvalue weighted by atomic mass is 16.2. The molecule has 2 heterocycles. The zero-order valence-electron chi connectivity index (χ0n) is 14.1. The van der Waals surface area contributed by atoms with E-state index in [1.165, 1.54) is 6.33 Å². The molecule has 1 aliphatic carbocycles. The summed E-state index contributed by atoms with van der Waals surface area (Å²) >= 11 is 0. The van der Waals surface area contributed by atoms with E-state index in [-0.39, 0.29) is 18.0 Å². The zero-order valence-corrected chi connectivity index (χ0v) is 14.1. The molecule has 7 heteroatoms. The Kier molecular flexibility index (Phi) is 4.11. The molecule has 3 aromatic rings. The van der Waals surface area contributed by atoms with E-state index in [9.17, 15) is 4.79 Å². The highest BCUT2D eigenvalue weighted by molar-refractivity contribution is 6.10. The normalized spacial score (nSPS) is 19.4. The van der Waals surface area contributed by atoms with E-state index in [4.69, 9.17) is 12.2 Å². The predicted octanol–water partition coefficient (Wildman–Crippen LogP) is 2.11. The molecule has 0 spiro atoms. The number of fused-ring (bicyclic) bond motifs is 1. The van der Waals surface area contributed by atoms with Crippen LogP contribution >= 0.6 is 0 Å². The Hall–Kier alpha value is -3.24. The number of nitrogens with one attached hydrogen (secondary N) is 1. The van der Waals surface area contributed by atoms with Crippen molar-refractivity contribution in [3.63, 3.8) is 0 Å². The highest BCUT2D eigenvalue weighted by Crippen LogP contribution is 2.31. The van der Waals surface area contributed by atoms with Gasteiger partial charge in [0.1, 0.15) is 6.33 Å². The Morgan fingerprint density at radius 2 is 2.12 bits per heavy atom. The zero-order chi connectivity index (χ0) is 18.1. The summed E-state index contributed by atoms with van der Waals surface area (Å²) in [5.74, 6) is 2.24. The average Bonchev–Trinajstić information content (AvgIpc) is 3.26. The van der Waals surface area contributed by atoms with Crippen molar-refractivity contribution in [1.29, 1.82) is 0 Å². The van der Waals surface area contributed by atoms with Gasteiger partial charge in [-0.05, 0) is 43.5 Å². The molecule has 1 amide bonds. The van der Waals surface area contributed by atoms with Crippen LogP contribution in [0.2, 0.25) is 0 Å². The molecule has 4 rings (SSSR count). The molecule has 26 heavy (non-hydrogen) atoms. The van der Waals surface area contributed by atoms with Crippen LogP contribution in [0.5, 0.6) is 0 Å². The van der Waals surface area contributed by atoms with Gasteiger partial charge in [-0.15, -0.1) is 6.42 Å². The standard InChI is InChI=1S/C19H18N6O/c1-2-12-3-6-14(7-4-12)23-19(26)17-16-10-21-11-22-18(16)25(24-17)15-8-5-13(20)9-15/h1,3-4,6-7,10-11,13,15H,5,8-9,20H2,(H,23,26). The Balaban J connectivity index is 1.67. The number of benzene rings is 1. The van der Waals surface area contributed by atoms with E-state index < -0.39 is 0 Å². The molecular weight excluding hydrogens is 328 g/mol. The molecule has 1 aromatic carbocycles. The Bertz CT molecular complexity index is 1000. The first-order chi connectivity index (χ1) is 12.7. The van der Waals surface area contributed by atoms with Crippen LogP contribution in [0.1, 0.15) is 41.4 Å². The highest BCUT2D eigenvalue weighted by Gasteiger charge is 2.28. The number of carbonyl (C=O) groups excluding carboxylic acids is 1. The van der Waals surface area contributed by atoms with E-state index in [1.807, 2.05) is 4.68 Å². The molecule has 0 bridgehead atoms. The number of anilines is 1. The first-order valence-corrected chi connectivity index (χ1v) is 8.47. The monoisotopic (exact) mass is 346 g/mol. The summed E-state index contributed by atoms with van der Waals surface area (Å²) in [6.07, 6.45) is 11.1. The second kappa shape index (κ2) is 6.58. The van der Waals surface area contributed by atoms with Crippen molar-refractivity contribution < 1.29 is 4.79 Å². The molecule has 7 nitrogen and oxygen atoms in total. The maximum Gasteiger partial charge on any atom is 0.276 e. The van der Waals surface area contributed by atoms with Gasteiger partial charge in [0.15, 0.2) is 11.3 Å². The number of nitrogens with zero attached hydrogens (tertiary/aromatic N) is 4. The SMILES string of the molecule is C#Cc1ccc(NC(=O)c2nn(C3CCC(N)C3)c3ncncc23)cc1. The van der Waals surface area contributed by atoms with E-state index in [0.717, 1.165) is 24.8 Å². The van der Waals surface area contributed by atoms with Crippen molar-refractivity contribution in [2.75, 3.05) is 5.32 Å². The van der Waals surface area contributed by atoms with Crippen LogP contribution in [0, 0.1) is 12.3 Å². The molecular formula is C19H18N6O. The van der Waals surface area contributed by atoms with Crippen molar-refractivity contribution in [2.45, 2.75) is 31.3 Å². The fraction of sp³-hybridized carbons (Fsp3) is 0.263. The number of hydrogen-bond acceptors (Lipinski definition) is 5. The lowest BCUT2D eigenvalue weighted by molar-refractivity contribution is 0.102. The predicted molar refractivity (Wildman–Crippen MR) is 98.5 cm³/mol. The molecule has 0 saturated heterocycles. The third kappa shape index (κ3) is 2.91. The Labute approximate surface area is 150 Å². The minimum Gasteiger partial charge on any atom is -0.328 e. The van der Waals surface area contributed by atoms with Gasteiger partial charge in [0, 0.05) is 23.5 Å². The summed E-state index contributed by atoms with van der Waals surface area (Å²) in [5.41, 5.74) is 8.40. The Morgan fingerprint density at radius 1 is 1.31 bits per heavy atom. The molecule has 2 atom stereocenters. The smallest absolute Gasteiger partial charge is 0.276 e. The van der Waals surface area contributed by atoms with Crippen LogP contribution in [0.3, 0.4) is 0 Å². The van der Waals surface area contributed by atoms with Gasteiger partial charge in [0.2, 0.25) is 0 Å². The van der Waals surface area contributed by atoms with Crippen LogP contribution in [0.4, 0.5) is 5.69 Å². The number of terminal acetylenes is 1. The van der Waals surface area contributed by atoms with Crippen molar-refractivity contribution in [2.24, 2.45) is 5.73 Å². The second-order valence-corrected chi connectivity index (χ2v) is 6.46. The molecule has 1 fully saturated rings. The molecule has 2 aromatic heterocycles. The van der Waals surface area contributed by atoms with Gasteiger partial charge in [0.25, 0.3) is 5.91 Å². The van der Waals surface area contributed by atoms with Gasteiger partial charge < -0.3 is 11.1 Å². The molecule has 130 valence electrons. The van der Waals surface area contributed by atoms with Crippen molar-refractivity contribution in [1.82, 2.24) is 19.7 Å². The van der Waals surface area contributed by atoms with Crippen molar-refractivity contribution in [3.8, 4) is 12.3 Å². The van der Waals surface area contributed by atoms with Gasteiger partial charge in [-0.25, -0.2) is 14.6 Å². The van der Waals surface area contributed by atoms with Crippen LogP contribution in [-0.2, 0) is 0 Å². The third-order valence-corrected chi connectivity index (χ3v) is 4.69. The maximum absolute atomic E-state index is 12.8. The molecule has 0 aliphatic heterocycles. The fourth-order valence-corrected chi connectivity index (χ4v) is 3.36. The lowest BCUT2D eigenvalue weighted by atomic mass is 10.2. The van der Waals surface area contributed by atoms with Crippen LogP contribution in [-0.4, -0.2) is 31.7 Å². The second-order valence-electron chi connectivity index (χ2n) is 6.46.